The molecule has 0 aliphatic rings. The van der Waals surface area contributed by atoms with E-state index in [1.165, 1.54) is 18.4 Å². The predicted molar refractivity (Wildman–Crippen MR) is 55.7 cm³/mol. The lowest BCUT2D eigenvalue weighted by atomic mass is 10.4. The van der Waals surface area contributed by atoms with Gasteiger partial charge in [0.05, 0.1) is 18.3 Å². The maximum absolute atomic E-state index is 11.1. The molecule has 0 amide bonds. The van der Waals surface area contributed by atoms with Crippen LogP contribution in [0.3, 0.4) is 0 Å². The summed E-state index contributed by atoms with van der Waals surface area (Å²) in [6.45, 7) is 0.939. The third kappa shape index (κ3) is 3.08. The van der Waals surface area contributed by atoms with Crippen molar-refractivity contribution in [3.05, 3.63) is 16.1 Å². The molecule has 0 aliphatic carbocycles. The number of likely N-dealkylation sites (N-methyl/N-ethyl adjacent to an activating group) is 1. The van der Waals surface area contributed by atoms with Crippen molar-refractivity contribution in [3.63, 3.8) is 0 Å². The van der Waals surface area contributed by atoms with Crippen molar-refractivity contribution >= 4 is 17.3 Å². The fourth-order valence-electron chi connectivity index (χ4n) is 0.940. The summed E-state index contributed by atoms with van der Waals surface area (Å²) in [7, 11) is 5.39. The minimum atomic E-state index is -0.307. The molecule has 0 fully saturated rings. The van der Waals surface area contributed by atoms with Crippen molar-refractivity contribution in [2.75, 3.05) is 27.7 Å². The van der Waals surface area contributed by atoms with Crippen LogP contribution in [0, 0.1) is 0 Å². The minimum Gasteiger partial charge on any atom is -0.465 e. The van der Waals surface area contributed by atoms with Crippen LogP contribution >= 0.6 is 11.3 Å². The lowest BCUT2D eigenvalue weighted by Crippen LogP contribution is -2.14. The van der Waals surface area contributed by atoms with Crippen molar-refractivity contribution in [1.29, 1.82) is 0 Å². The topological polar surface area (TPSA) is 42.4 Å². The molecule has 1 rings (SSSR count). The van der Waals surface area contributed by atoms with E-state index in [1.54, 1.807) is 6.20 Å². The Morgan fingerprint density at radius 2 is 2.36 bits per heavy atom. The van der Waals surface area contributed by atoms with E-state index in [2.05, 4.69) is 14.6 Å². The molecule has 1 aromatic heterocycles. The highest BCUT2D eigenvalue weighted by Gasteiger charge is 2.09. The molecule has 0 spiro atoms. The maximum Gasteiger partial charge on any atom is 0.349 e. The summed E-state index contributed by atoms with van der Waals surface area (Å²) in [5.74, 6) is -0.307. The maximum atomic E-state index is 11.1. The molecule has 1 heterocycles. The van der Waals surface area contributed by atoms with E-state index in [0.29, 0.717) is 4.88 Å². The number of methoxy groups -OCH3 is 1. The average Bonchev–Trinajstić information content (AvgIpc) is 2.62. The monoisotopic (exact) mass is 214 g/mol. The number of hydrogen-bond donors (Lipinski definition) is 0. The predicted octanol–water partition coefficient (Wildman–Crippen LogP) is 1.03. The second-order valence-electron chi connectivity index (χ2n) is 3.16. The van der Waals surface area contributed by atoms with Gasteiger partial charge in [0.25, 0.3) is 0 Å². The van der Waals surface area contributed by atoms with E-state index < -0.39 is 0 Å². The van der Waals surface area contributed by atoms with Gasteiger partial charge in [0.2, 0.25) is 0 Å². The van der Waals surface area contributed by atoms with Crippen LogP contribution in [0.4, 0.5) is 0 Å². The largest absolute Gasteiger partial charge is 0.465 e. The van der Waals surface area contributed by atoms with Gasteiger partial charge in [-0.15, -0.1) is 11.3 Å². The zero-order chi connectivity index (χ0) is 10.6. The SMILES string of the molecule is COC(=O)c1cnc(CCN(C)C)s1. The van der Waals surface area contributed by atoms with Gasteiger partial charge in [0, 0.05) is 13.0 Å². The van der Waals surface area contributed by atoms with Gasteiger partial charge in [0.1, 0.15) is 4.88 Å². The summed E-state index contributed by atoms with van der Waals surface area (Å²) in [4.78, 5) is 17.9. The van der Waals surface area contributed by atoms with Crippen molar-refractivity contribution in [2.45, 2.75) is 6.42 Å². The molecule has 0 atom stereocenters. The number of esters is 1. The van der Waals surface area contributed by atoms with Gasteiger partial charge in [-0.2, -0.15) is 0 Å². The Balaban J connectivity index is 2.55. The highest BCUT2D eigenvalue weighted by molar-refractivity contribution is 7.13. The molecular formula is C9H14N2O2S. The molecule has 4 nitrogen and oxygen atoms in total. The lowest BCUT2D eigenvalue weighted by molar-refractivity contribution is 0.0606. The molecule has 0 unspecified atom stereocenters. The molecule has 0 saturated carbocycles. The van der Waals surface area contributed by atoms with Gasteiger partial charge in [-0.1, -0.05) is 0 Å². The Morgan fingerprint density at radius 3 is 2.93 bits per heavy atom. The first-order valence-electron chi connectivity index (χ1n) is 4.31. The lowest BCUT2D eigenvalue weighted by Gasteiger charge is -2.06. The summed E-state index contributed by atoms with van der Waals surface area (Å²) in [6, 6.07) is 0. The van der Waals surface area contributed by atoms with Crippen LogP contribution in [0.25, 0.3) is 0 Å². The van der Waals surface area contributed by atoms with Crippen LogP contribution in [-0.4, -0.2) is 43.6 Å². The Kier molecular flexibility index (Phi) is 4.03. The zero-order valence-electron chi connectivity index (χ0n) is 8.61. The minimum absolute atomic E-state index is 0.307. The number of ether oxygens (including phenoxy) is 1. The van der Waals surface area contributed by atoms with Crippen LogP contribution in [-0.2, 0) is 11.2 Å². The molecule has 1 aromatic rings. The number of nitrogens with zero attached hydrogens (tertiary/aromatic N) is 2. The van der Waals surface area contributed by atoms with Gasteiger partial charge < -0.3 is 9.64 Å². The van der Waals surface area contributed by atoms with Crippen molar-refractivity contribution in [2.24, 2.45) is 0 Å². The normalized spacial score (nSPS) is 10.6. The van der Waals surface area contributed by atoms with Crippen molar-refractivity contribution < 1.29 is 9.53 Å². The van der Waals surface area contributed by atoms with Crippen LogP contribution in [0.2, 0.25) is 0 Å². The van der Waals surface area contributed by atoms with Crippen LogP contribution in [0.15, 0.2) is 6.20 Å². The quantitative estimate of drug-likeness (QED) is 0.702. The van der Waals surface area contributed by atoms with E-state index in [1.807, 2.05) is 14.1 Å². The molecule has 0 aromatic carbocycles. The van der Waals surface area contributed by atoms with Gasteiger partial charge in [-0.25, -0.2) is 9.78 Å². The van der Waals surface area contributed by atoms with E-state index >= 15 is 0 Å². The average molecular weight is 214 g/mol. The third-order valence-electron chi connectivity index (χ3n) is 1.71. The second-order valence-corrected chi connectivity index (χ2v) is 4.28. The zero-order valence-corrected chi connectivity index (χ0v) is 9.43. The molecule has 0 N–H and O–H groups in total. The second kappa shape index (κ2) is 5.07. The summed E-state index contributed by atoms with van der Waals surface area (Å²) in [5.41, 5.74) is 0. The first-order chi connectivity index (χ1) is 6.63. The summed E-state index contributed by atoms with van der Waals surface area (Å²) in [5, 5.41) is 0.971. The summed E-state index contributed by atoms with van der Waals surface area (Å²) < 4.78 is 4.60. The number of hydrogen-bond acceptors (Lipinski definition) is 5. The summed E-state index contributed by atoms with van der Waals surface area (Å²) >= 11 is 1.40. The Labute approximate surface area is 87.5 Å². The van der Waals surface area contributed by atoms with E-state index in [-0.39, 0.29) is 5.97 Å². The van der Waals surface area contributed by atoms with E-state index in [9.17, 15) is 4.79 Å². The number of thiazole rings is 1. The molecule has 0 saturated heterocycles. The molecule has 0 radical (unpaired) electrons. The summed E-state index contributed by atoms with van der Waals surface area (Å²) in [6.07, 6.45) is 2.44. The van der Waals surface area contributed by atoms with E-state index in [0.717, 1.165) is 18.0 Å². The van der Waals surface area contributed by atoms with Gasteiger partial charge in [-0.05, 0) is 14.1 Å². The van der Waals surface area contributed by atoms with Crippen LogP contribution in [0.5, 0.6) is 0 Å². The molecule has 0 bridgehead atoms. The Hall–Kier alpha value is -0.940. The molecule has 5 heteroatoms. The highest BCUT2D eigenvalue weighted by Crippen LogP contribution is 2.14. The molecular weight excluding hydrogens is 200 g/mol. The number of rotatable bonds is 4. The number of carbonyl (C=O) groups excluding carboxylic acids is 1. The van der Waals surface area contributed by atoms with Gasteiger partial charge in [0.15, 0.2) is 0 Å². The number of carbonyl (C=O) groups is 1. The van der Waals surface area contributed by atoms with Crippen LogP contribution in [0.1, 0.15) is 14.7 Å². The standard InChI is InChI=1S/C9H14N2O2S/c1-11(2)5-4-8-10-6-7(14-8)9(12)13-3/h6H,4-5H2,1-3H3. The first-order valence-corrected chi connectivity index (χ1v) is 5.13. The fraction of sp³-hybridized carbons (Fsp3) is 0.556. The van der Waals surface area contributed by atoms with Crippen molar-refractivity contribution in [3.8, 4) is 0 Å². The first kappa shape index (κ1) is 11.1. The fourth-order valence-corrected chi connectivity index (χ4v) is 1.76. The van der Waals surface area contributed by atoms with Gasteiger partial charge in [-0.3, -0.25) is 0 Å². The van der Waals surface area contributed by atoms with Gasteiger partial charge >= 0.3 is 5.97 Å². The Morgan fingerprint density at radius 1 is 1.64 bits per heavy atom. The smallest absolute Gasteiger partial charge is 0.349 e. The Bertz CT molecular complexity index is 310. The molecule has 78 valence electrons. The highest BCUT2D eigenvalue weighted by atomic mass is 32.1. The van der Waals surface area contributed by atoms with Crippen LogP contribution < -0.4 is 0 Å². The van der Waals surface area contributed by atoms with Crippen molar-refractivity contribution in [1.82, 2.24) is 9.88 Å². The number of aromatic nitrogens is 1. The third-order valence-corrected chi connectivity index (χ3v) is 2.75. The molecule has 0 aliphatic heterocycles. The molecule has 14 heavy (non-hydrogen) atoms. The van der Waals surface area contributed by atoms with E-state index in [4.69, 9.17) is 0 Å².